The van der Waals surface area contributed by atoms with Crippen molar-refractivity contribution in [2.45, 2.75) is 37.8 Å². The first-order valence-corrected chi connectivity index (χ1v) is 15.6. The Morgan fingerprint density at radius 3 is 2.60 bits per heavy atom. The zero-order valence-electron chi connectivity index (χ0n) is 24.0. The summed E-state index contributed by atoms with van der Waals surface area (Å²) in [5.74, 6) is -0.414. The van der Waals surface area contributed by atoms with Gasteiger partial charge in [-0.15, -0.1) is 0 Å². The zero-order chi connectivity index (χ0) is 31.6. The van der Waals surface area contributed by atoms with Crippen LogP contribution in [0.15, 0.2) is 93.6 Å². The molecule has 1 aliphatic heterocycles. The SMILES string of the molecule is Cc1cc(-c2cc(F)c(=O)n(Cc3ccc4c(c3)OCO4)c2)nc(S(=O)(=O)CCC(OCc2ccccc2F)c2ccco2)n1. The molecule has 0 fully saturated rings. The second-order valence-corrected chi connectivity index (χ2v) is 12.4. The third-order valence-corrected chi connectivity index (χ3v) is 8.66. The van der Waals surface area contributed by atoms with E-state index in [1.807, 2.05) is 0 Å². The lowest BCUT2D eigenvalue weighted by Crippen LogP contribution is -2.23. The minimum Gasteiger partial charge on any atom is -0.467 e. The maximum absolute atomic E-state index is 14.9. The van der Waals surface area contributed by atoms with Crippen LogP contribution in [0, 0.1) is 18.6 Å². The lowest BCUT2D eigenvalue weighted by molar-refractivity contribution is 0.0220. The van der Waals surface area contributed by atoms with E-state index in [4.69, 9.17) is 18.6 Å². The number of halogens is 2. The van der Waals surface area contributed by atoms with Gasteiger partial charge >= 0.3 is 0 Å². The fourth-order valence-electron chi connectivity index (χ4n) is 4.86. The third-order valence-electron chi connectivity index (χ3n) is 7.15. The Labute approximate surface area is 256 Å². The molecule has 3 aromatic heterocycles. The van der Waals surface area contributed by atoms with Gasteiger partial charge in [-0.3, -0.25) is 4.79 Å². The van der Waals surface area contributed by atoms with Crippen LogP contribution in [-0.2, 0) is 27.7 Å². The number of hydrogen-bond donors (Lipinski definition) is 0. The molecular formula is C32H27F2N3O7S. The Balaban J connectivity index is 1.23. The first-order chi connectivity index (χ1) is 21.7. The monoisotopic (exact) mass is 635 g/mol. The van der Waals surface area contributed by atoms with Crippen molar-refractivity contribution in [1.29, 1.82) is 0 Å². The molecule has 0 spiro atoms. The van der Waals surface area contributed by atoms with Gasteiger partial charge in [0.2, 0.25) is 21.8 Å². The number of ether oxygens (including phenoxy) is 3. The van der Waals surface area contributed by atoms with Gasteiger partial charge in [-0.2, -0.15) is 0 Å². The van der Waals surface area contributed by atoms with Crippen molar-refractivity contribution in [3.63, 3.8) is 0 Å². The largest absolute Gasteiger partial charge is 0.467 e. The van der Waals surface area contributed by atoms with Gasteiger partial charge in [0, 0.05) is 23.0 Å². The molecule has 0 bridgehead atoms. The summed E-state index contributed by atoms with van der Waals surface area (Å²) in [6, 6.07) is 17.1. The first-order valence-electron chi connectivity index (χ1n) is 13.9. The minimum atomic E-state index is -4.08. The highest BCUT2D eigenvalue weighted by Crippen LogP contribution is 2.33. The standard InChI is InChI=1S/C32H27F2N3O7S/c1-20-13-26(23-15-25(34)31(38)37(17-23)16-21-8-9-28-30(14-21)44-19-43-28)36-32(35-20)45(39,40)12-10-29(27-7-4-11-41-27)42-18-22-5-2-3-6-24(22)33/h2-9,11,13-15,17,29H,10,12,16,18-19H2,1H3. The second kappa shape index (κ2) is 12.6. The normalized spacial score (nSPS) is 13.2. The predicted molar refractivity (Wildman–Crippen MR) is 157 cm³/mol. The quantitative estimate of drug-likeness (QED) is 0.176. The number of nitrogens with zero attached hydrogens (tertiary/aromatic N) is 3. The van der Waals surface area contributed by atoms with Gasteiger partial charge in [-0.05, 0) is 61.4 Å². The van der Waals surface area contributed by atoms with Crippen molar-refractivity contribution in [3.05, 3.63) is 124 Å². The molecular weight excluding hydrogens is 608 g/mol. The van der Waals surface area contributed by atoms with E-state index < -0.39 is 44.0 Å². The Morgan fingerprint density at radius 1 is 0.978 bits per heavy atom. The lowest BCUT2D eigenvalue weighted by atomic mass is 10.1. The molecule has 0 radical (unpaired) electrons. The van der Waals surface area contributed by atoms with Crippen molar-refractivity contribution in [2.75, 3.05) is 12.5 Å². The Morgan fingerprint density at radius 2 is 1.80 bits per heavy atom. The van der Waals surface area contributed by atoms with E-state index in [1.54, 1.807) is 55.5 Å². The molecule has 6 rings (SSSR count). The summed E-state index contributed by atoms with van der Waals surface area (Å²) < 4.78 is 79.2. The number of aromatic nitrogens is 3. The molecule has 0 amide bonds. The van der Waals surface area contributed by atoms with E-state index in [1.165, 1.54) is 29.2 Å². The van der Waals surface area contributed by atoms with E-state index in [9.17, 15) is 22.0 Å². The van der Waals surface area contributed by atoms with Crippen molar-refractivity contribution >= 4 is 9.84 Å². The number of furan rings is 1. The topological polar surface area (TPSA) is 123 Å². The molecule has 5 aromatic rings. The number of aryl methyl sites for hydroxylation is 1. The zero-order valence-corrected chi connectivity index (χ0v) is 24.8. The summed E-state index contributed by atoms with van der Waals surface area (Å²) in [7, 11) is -4.08. The van der Waals surface area contributed by atoms with Crippen LogP contribution in [0.2, 0.25) is 0 Å². The van der Waals surface area contributed by atoms with E-state index >= 15 is 0 Å². The summed E-state index contributed by atoms with van der Waals surface area (Å²) in [6.07, 6.45) is 2.01. The molecule has 1 unspecified atom stereocenters. The van der Waals surface area contributed by atoms with E-state index in [0.717, 1.165) is 6.07 Å². The van der Waals surface area contributed by atoms with Crippen LogP contribution >= 0.6 is 0 Å². The molecule has 2 aromatic carbocycles. The molecule has 4 heterocycles. The summed E-state index contributed by atoms with van der Waals surface area (Å²) in [5.41, 5.74) is 0.772. The summed E-state index contributed by atoms with van der Waals surface area (Å²) in [4.78, 5) is 21.1. The van der Waals surface area contributed by atoms with E-state index in [-0.39, 0.29) is 37.6 Å². The fourth-order valence-corrected chi connectivity index (χ4v) is 6.09. The molecule has 1 atom stereocenters. The van der Waals surface area contributed by atoms with Crippen LogP contribution in [0.1, 0.15) is 35.1 Å². The van der Waals surface area contributed by atoms with Crippen LogP contribution in [0.3, 0.4) is 0 Å². The third kappa shape index (κ3) is 6.79. The van der Waals surface area contributed by atoms with Crippen LogP contribution in [0.25, 0.3) is 11.3 Å². The molecule has 10 nitrogen and oxygen atoms in total. The van der Waals surface area contributed by atoms with Crippen molar-refractivity contribution < 1.29 is 35.8 Å². The molecule has 0 aliphatic carbocycles. The van der Waals surface area contributed by atoms with Crippen LogP contribution in [0.4, 0.5) is 8.78 Å². The average Bonchev–Trinajstić information content (AvgIpc) is 3.72. The minimum absolute atomic E-state index is 0.0243. The molecule has 1 aliphatic rings. The van der Waals surface area contributed by atoms with Gasteiger partial charge in [0.1, 0.15) is 17.7 Å². The molecule has 0 saturated carbocycles. The number of pyridine rings is 1. The van der Waals surface area contributed by atoms with Gasteiger partial charge in [0.05, 0.1) is 30.9 Å². The number of benzene rings is 2. The Hall–Kier alpha value is -4.88. The number of fused-ring (bicyclic) bond motifs is 1. The van der Waals surface area contributed by atoms with Crippen LogP contribution in [0.5, 0.6) is 11.5 Å². The highest BCUT2D eigenvalue weighted by molar-refractivity contribution is 7.91. The Bertz CT molecular complexity index is 2010. The number of sulfone groups is 1. The van der Waals surface area contributed by atoms with Crippen LogP contribution < -0.4 is 15.0 Å². The van der Waals surface area contributed by atoms with Gasteiger partial charge < -0.3 is 23.2 Å². The molecule has 45 heavy (non-hydrogen) atoms. The van der Waals surface area contributed by atoms with Crippen molar-refractivity contribution in [1.82, 2.24) is 14.5 Å². The van der Waals surface area contributed by atoms with E-state index in [0.29, 0.717) is 34.1 Å². The van der Waals surface area contributed by atoms with Gasteiger partial charge in [0.25, 0.3) is 5.56 Å². The van der Waals surface area contributed by atoms with E-state index in [2.05, 4.69) is 9.97 Å². The summed E-state index contributed by atoms with van der Waals surface area (Å²) in [6.45, 7) is 1.60. The smallest absolute Gasteiger partial charge is 0.286 e. The molecule has 0 saturated heterocycles. The Kier molecular flexibility index (Phi) is 8.46. The first kappa shape index (κ1) is 30.2. The van der Waals surface area contributed by atoms with Crippen molar-refractivity contribution in [3.8, 4) is 22.8 Å². The van der Waals surface area contributed by atoms with Gasteiger partial charge in [0.15, 0.2) is 17.3 Å². The highest BCUT2D eigenvalue weighted by atomic mass is 32.2. The second-order valence-electron chi connectivity index (χ2n) is 10.4. The van der Waals surface area contributed by atoms with Crippen LogP contribution in [-0.4, -0.2) is 35.5 Å². The summed E-state index contributed by atoms with van der Waals surface area (Å²) >= 11 is 0. The number of rotatable bonds is 11. The predicted octanol–water partition coefficient (Wildman–Crippen LogP) is 5.38. The number of hydrogen-bond acceptors (Lipinski definition) is 9. The average molecular weight is 636 g/mol. The van der Waals surface area contributed by atoms with Gasteiger partial charge in [-0.25, -0.2) is 27.2 Å². The molecule has 232 valence electrons. The maximum Gasteiger partial charge on any atom is 0.286 e. The highest BCUT2D eigenvalue weighted by Gasteiger charge is 2.25. The maximum atomic E-state index is 14.9. The summed E-state index contributed by atoms with van der Waals surface area (Å²) in [5, 5.41) is -0.460. The molecule has 13 heteroatoms. The lowest BCUT2D eigenvalue weighted by Gasteiger charge is -2.16. The van der Waals surface area contributed by atoms with Crippen molar-refractivity contribution in [2.24, 2.45) is 0 Å². The molecule has 0 N–H and O–H groups in total. The fraction of sp³-hybridized carbons (Fsp3) is 0.219. The van der Waals surface area contributed by atoms with Gasteiger partial charge in [-0.1, -0.05) is 24.3 Å².